The smallest absolute Gasteiger partial charge is 0.497 e. The van der Waals surface area contributed by atoms with Gasteiger partial charge < -0.3 is 28.7 Å². The number of methoxy groups -OCH3 is 3. The van der Waals surface area contributed by atoms with E-state index in [2.05, 4.69) is 68.4 Å². The maximum Gasteiger partial charge on any atom is 0.573 e. The van der Waals surface area contributed by atoms with Gasteiger partial charge in [0.15, 0.2) is 11.6 Å². The van der Waals surface area contributed by atoms with Crippen LogP contribution in [0.2, 0.25) is 0 Å². The van der Waals surface area contributed by atoms with Gasteiger partial charge in [-0.1, -0.05) is 36.4 Å². The first kappa shape index (κ1) is 43.6. The Morgan fingerprint density at radius 3 is 1.57 bits per heavy atom. The molecular weight excluding hydrogens is 826 g/mol. The summed E-state index contributed by atoms with van der Waals surface area (Å²) in [4.78, 5) is 18.8. The van der Waals surface area contributed by atoms with Gasteiger partial charge in [-0.2, -0.15) is 18.7 Å². The lowest BCUT2D eigenvalue weighted by atomic mass is 10.1. The molecule has 2 fully saturated rings. The van der Waals surface area contributed by atoms with Gasteiger partial charge in [-0.3, -0.25) is 9.80 Å². The topological polar surface area (TPSA) is 101 Å². The zero-order chi connectivity index (χ0) is 42.6. The minimum absolute atomic E-state index is 0.262. The fourth-order valence-electron chi connectivity index (χ4n) is 7.11. The van der Waals surface area contributed by atoms with Crippen molar-refractivity contribution in [2.24, 2.45) is 0 Å². The van der Waals surface area contributed by atoms with E-state index in [0.717, 1.165) is 117 Å². The minimum atomic E-state index is -4.70. The van der Waals surface area contributed by atoms with Crippen LogP contribution in [0.15, 0.2) is 97.1 Å². The summed E-state index contributed by atoms with van der Waals surface area (Å²) in [5, 5.41) is 1.81. The molecule has 0 unspecified atom stereocenters. The molecule has 8 rings (SSSR count). The number of ether oxygens (including phenoxy) is 4. The molecule has 0 spiro atoms. The number of halogens is 3. The molecule has 0 N–H and O–H groups in total. The Bertz CT molecular complexity index is 2280. The van der Waals surface area contributed by atoms with Crippen LogP contribution in [0.4, 0.5) is 23.4 Å². The Kier molecular flexibility index (Phi) is 14.9. The molecule has 12 nitrogen and oxygen atoms in total. The fourth-order valence-corrected chi connectivity index (χ4v) is 8.58. The van der Waals surface area contributed by atoms with Gasteiger partial charge in [-0.05, 0) is 84.6 Å². The molecule has 4 heterocycles. The Morgan fingerprint density at radius 2 is 1.07 bits per heavy atom. The SMILES string of the molecule is COc1cccc(CCN2CCN(c3nc(-c4ccc(OC(F)(F)F)cc4)ns3)CC2)c1.COc1cccc(CCN2CCN(c3nc(-c4ccccc4OC)ns3)CC2)c1. The molecule has 0 atom stereocenters. The van der Waals surface area contributed by atoms with Crippen molar-refractivity contribution in [1.29, 1.82) is 0 Å². The molecule has 0 aliphatic carbocycles. The van der Waals surface area contributed by atoms with Gasteiger partial charge in [0, 0.05) is 94.1 Å². The zero-order valence-corrected chi connectivity index (χ0v) is 36.0. The third-order valence-corrected chi connectivity index (χ3v) is 12.1. The van der Waals surface area contributed by atoms with Crippen molar-refractivity contribution in [2.45, 2.75) is 19.2 Å². The van der Waals surface area contributed by atoms with Crippen molar-refractivity contribution in [1.82, 2.24) is 28.5 Å². The average molecular weight is 875 g/mol. The molecular formula is C44H49F3N8O4S2. The number of aromatic nitrogens is 4. The van der Waals surface area contributed by atoms with Crippen molar-refractivity contribution < 1.29 is 32.1 Å². The van der Waals surface area contributed by atoms with Crippen molar-refractivity contribution >= 4 is 33.3 Å². The summed E-state index contributed by atoms with van der Waals surface area (Å²) in [6.07, 6.45) is -2.70. The van der Waals surface area contributed by atoms with Gasteiger partial charge in [0.05, 0.1) is 26.9 Å². The Morgan fingerprint density at radius 1 is 0.557 bits per heavy atom. The van der Waals surface area contributed by atoms with Crippen molar-refractivity contribution in [2.75, 3.05) is 96.6 Å². The molecule has 0 radical (unpaired) electrons. The third-order valence-electron chi connectivity index (χ3n) is 10.5. The van der Waals surface area contributed by atoms with Gasteiger partial charge >= 0.3 is 6.36 Å². The number of benzene rings is 4. The summed E-state index contributed by atoms with van der Waals surface area (Å²) in [5.41, 5.74) is 4.16. The number of nitrogens with zero attached hydrogens (tertiary/aromatic N) is 8. The second kappa shape index (κ2) is 20.9. The highest BCUT2D eigenvalue weighted by Gasteiger charge is 2.31. The first-order valence-electron chi connectivity index (χ1n) is 20.0. The molecule has 322 valence electrons. The van der Waals surface area contributed by atoms with Crippen molar-refractivity contribution in [3.8, 4) is 45.8 Å². The third kappa shape index (κ3) is 12.3. The van der Waals surface area contributed by atoms with Crippen molar-refractivity contribution in [3.63, 3.8) is 0 Å². The highest BCUT2D eigenvalue weighted by molar-refractivity contribution is 7.10. The Hall–Kier alpha value is -5.49. The van der Waals surface area contributed by atoms with Crippen LogP contribution in [0.25, 0.3) is 22.8 Å². The summed E-state index contributed by atoms with van der Waals surface area (Å²) < 4.78 is 65.8. The Labute approximate surface area is 362 Å². The summed E-state index contributed by atoms with van der Waals surface area (Å²) >= 11 is 2.76. The summed E-state index contributed by atoms with van der Waals surface area (Å²) in [5.74, 6) is 3.59. The van der Waals surface area contributed by atoms with E-state index >= 15 is 0 Å². The number of rotatable bonds is 14. The number of alkyl halides is 3. The van der Waals surface area contributed by atoms with E-state index in [0.29, 0.717) is 11.4 Å². The van der Waals surface area contributed by atoms with Crippen LogP contribution in [-0.4, -0.2) is 122 Å². The normalized spacial score (nSPS) is 14.9. The quantitative estimate of drug-likeness (QED) is 0.106. The second-order valence-corrected chi connectivity index (χ2v) is 15.9. The molecule has 4 aromatic carbocycles. The highest BCUT2D eigenvalue weighted by atomic mass is 32.1. The number of hydrogen-bond acceptors (Lipinski definition) is 14. The number of para-hydroxylation sites is 1. The van der Waals surface area contributed by atoms with Crippen LogP contribution in [0.1, 0.15) is 11.1 Å². The van der Waals surface area contributed by atoms with E-state index in [9.17, 15) is 13.2 Å². The van der Waals surface area contributed by atoms with Crippen LogP contribution in [0, 0.1) is 0 Å². The largest absolute Gasteiger partial charge is 0.573 e. The summed E-state index contributed by atoms with van der Waals surface area (Å²) in [6.45, 7) is 9.62. The second-order valence-electron chi connectivity index (χ2n) is 14.4. The number of hydrogen-bond donors (Lipinski definition) is 0. The van der Waals surface area contributed by atoms with Crippen LogP contribution >= 0.6 is 23.1 Å². The van der Waals surface area contributed by atoms with Crippen LogP contribution in [0.3, 0.4) is 0 Å². The molecule has 6 aromatic rings. The number of anilines is 2. The molecule has 61 heavy (non-hydrogen) atoms. The number of piperazine rings is 2. The predicted octanol–water partition coefficient (Wildman–Crippen LogP) is 8.06. The zero-order valence-electron chi connectivity index (χ0n) is 34.4. The van der Waals surface area contributed by atoms with E-state index in [1.54, 1.807) is 21.3 Å². The van der Waals surface area contributed by atoms with E-state index in [4.69, 9.17) is 19.2 Å². The lowest BCUT2D eigenvalue weighted by Crippen LogP contribution is -2.47. The van der Waals surface area contributed by atoms with Crippen LogP contribution in [-0.2, 0) is 12.8 Å². The van der Waals surface area contributed by atoms with E-state index in [1.807, 2.05) is 42.5 Å². The van der Waals surface area contributed by atoms with Gasteiger partial charge in [0.2, 0.25) is 10.3 Å². The van der Waals surface area contributed by atoms with Crippen LogP contribution < -0.4 is 28.7 Å². The van der Waals surface area contributed by atoms with E-state index in [1.165, 1.54) is 58.5 Å². The maximum atomic E-state index is 12.3. The van der Waals surface area contributed by atoms with Crippen molar-refractivity contribution in [3.05, 3.63) is 108 Å². The molecule has 2 aliphatic heterocycles. The Balaban J connectivity index is 0.000000185. The highest BCUT2D eigenvalue weighted by Crippen LogP contribution is 2.32. The molecule has 0 saturated carbocycles. The molecule has 17 heteroatoms. The lowest BCUT2D eigenvalue weighted by molar-refractivity contribution is -0.274. The van der Waals surface area contributed by atoms with Gasteiger partial charge in [0.1, 0.15) is 23.0 Å². The molecule has 2 aromatic heterocycles. The molecule has 0 amide bonds. The van der Waals surface area contributed by atoms with Crippen LogP contribution in [0.5, 0.6) is 23.0 Å². The fraction of sp³-hybridized carbons (Fsp3) is 0.364. The average Bonchev–Trinajstić information content (AvgIpc) is 4.00. The lowest BCUT2D eigenvalue weighted by Gasteiger charge is -2.34. The predicted molar refractivity (Wildman–Crippen MR) is 235 cm³/mol. The monoisotopic (exact) mass is 874 g/mol. The van der Waals surface area contributed by atoms with E-state index in [-0.39, 0.29) is 5.75 Å². The molecule has 2 aliphatic rings. The standard InChI is InChI=1S/C22H23F3N4O2S.C22H26N4O2S/c1-30-19-4-2-3-16(15-19)9-10-28-11-13-29(14-12-28)21-26-20(27-32-21)17-5-7-18(8-6-17)31-22(23,24)25;1-27-18-7-5-6-17(16-18)10-11-25-12-14-26(15-13-25)22-23-21(24-29-22)19-8-3-4-9-20(19)28-2/h2-8,15H,9-14H2,1H3;3-9,16H,10-15H2,1-2H3. The molecule has 2 saturated heterocycles. The molecule has 0 bridgehead atoms. The first-order chi connectivity index (χ1) is 29.7. The van der Waals surface area contributed by atoms with Gasteiger partial charge in [0.25, 0.3) is 0 Å². The van der Waals surface area contributed by atoms with E-state index < -0.39 is 6.36 Å². The first-order valence-corrected chi connectivity index (χ1v) is 21.6. The van der Waals surface area contributed by atoms with Gasteiger partial charge in [-0.25, -0.2) is 0 Å². The summed E-state index contributed by atoms with van der Waals surface area (Å²) in [6, 6.07) is 30.0. The summed E-state index contributed by atoms with van der Waals surface area (Å²) in [7, 11) is 5.07. The minimum Gasteiger partial charge on any atom is -0.497 e. The van der Waals surface area contributed by atoms with Gasteiger partial charge in [-0.15, -0.1) is 13.2 Å². The maximum absolute atomic E-state index is 12.3.